The summed E-state index contributed by atoms with van der Waals surface area (Å²) in [5.74, 6) is -0.378. The molecular formula is C40H41FN4O8. The number of aryl methyl sites for hydroxylation is 2. The number of phenolic OH excluding ortho intramolecular Hbond substituents is 1. The van der Waals surface area contributed by atoms with Gasteiger partial charge >= 0.3 is 0 Å². The van der Waals surface area contributed by atoms with Crippen molar-refractivity contribution in [3.8, 4) is 16.9 Å². The number of carbonyl (C=O) groups excluding carboxylic acids is 1. The number of aromatic hydroxyl groups is 1. The van der Waals surface area contributed by atoms with Crippen LogP contribution in [0.3, 0.4) is 0 Å². The van der Waals surface area contributed by atoms with Crippen LogP contribution in [0.1, 0.15) is 59.2 Å². The Kier molecular flexibility index (Phi) is 10.6. The van der Waals surface area contributed by atoms with E-state index in [9.17, 15) is 39.8 Å². The summed E-state index contributed by atoms with van der Waals surface area (Å²) in [5.41, 5.74) is 4.58. The minimum atomic E-state index is -1.52. The van der Waals surface area contributed by atoms with E-state index in [1.54, 1.807) is 35.2 Å². The van der Waals surface area contributed by atoms with Gasteiger partial charge < -0.3 is 40.3 Å². The molecule has 8 atom stereocenters. The summed E-state index contributed by atoms with van der Waals surface area (Å²) in [4.78, 5) is 19.6. The van der Waals surface area contributed by atoms with Crippen molar-refractivity contribution in [3.63, 3.8) is 0 Å². The zero-order valence-corrected chi connectivity index (χ0v) is 28.6. The second kappa shape index (κ2) is 15.5. The van der Waals surface area contributed by atoms with Gasteiger partial charge in [-0.05, 0) is 83.5 Å². The lowest BCUT2D eigenvalue weighted by Gasteiger charge is -2.48. The van der Waals surface area contributed by atoms with Gasteiger partial charge in [0.1, 0.15) is 54.2 Å². The summed E-state index contributed by atoms with van der Waals surface area (Å²) in [6.45, 7) is -0.544. The Balaban J connectivity index is 1.14. The Morgan fingerprint density at radius 2 is 1.64 bits per heavy atom. The van der Waals surface area contributed by atoms with Crippen LogP contribution in [0.4, 0.5) is 10.1 Å². The number of halogens is 1. The number of anilines is 1. The minimum absolute atomic E-state index is 0.0454. The van der Waals surface area contributed by atoms with E-state index in [1.807, 2.05) is 36.4 Å². The number of aromatic amines is 1. The summed E-state index contributed by atoms with van der Waals surface area (Å²) >= 11 is 0. The number of nitrogens with zero attached hydrogens (tertiary/aromatic N) is 3. The van der Waals surface area contributed by atoms with Gasteiger partial charge in [0.05, 0.1) is 24.7 Å². The lowest BCUT2D eigenvalue weighted by molar-refractivity contribution is -0.231. The average Bonchev–Trinajstić information content (AvgIpc) is 3.70. The number of benzene rings is 4. The highest BCUT2D eigenvalue weighted by Gasteiger charge is 2.49. The Labute approximate surface area is 304 Å². The number of amides is 1. The van der Waals surface area contributed by atoms with Crippen molar-refractivity contribution in [2.45, 2.75) is 68.3 Å². The summed E-state index contributed by atoms with van der Waals surface area (Å²) < 4.78 is 19.3. The minimum Gasteiger partial charge on any atom is -0.508 e. The van der Waals surface area contributed by atoms with E-state index >= 15 is 0 Å². The van der Waals surface area contributed by atoms with E-state index in [4.69, 9.17) is 4.74 Å². The number of hydrogen-bond donors (Lipinski definition) is 7. The molecule has 0 aliphatic carbocycles. The Bertz CT molecular complexity index is 2010. The van der Waals surface area contributed by atoms with Crippen LogP contribution >= 0.6 is 0 Å². The molecule has 3 heterocycles. The lowest BCUT2D eigenvalue weighted by atomic mass is 9.77. The molecule has 7 rings (SSSR count). The first-order chi connectivity index (χ1) is 25.6. The Morgan fingerprint density at radius 3 is 2.34 bits per heavy atom. The van der Waals surface area contributed by atoms with Crippen LogP contribution in [-0.2, 0) is 22.4 Å². The number of hydrogen-bond acceptors (Lipinski definition) is 10. The van der Waals surface area contributed by atoms with Crippen LogP contribution in [0.15, 0.2) is 97.3 Å². The second-order valence-electron chi connectivity index (χ2n) is 13.7. The molecule has 2 saturated heterocycles. The van der Waals surface area contributed by atoms with Crippen LogP contribution in [0.25, 0.3) is 11.1 Å². The maximum Gasteiger partial charge on any atom is 0.233 e. The largest absolute Gasteiger partial charge is 0.508 e. The molecule has 53 heavy (non-hydrogen) atoms. The van der Waals surface area contributed by atoms with Crippen LogP contribution in [0.5, 0.6) is 5.75 Å². The maximum atomic E-state index is 13.8. The number of aromatic nitrogens is 3. The molecule has 0 unspecified atom stereocenters. The molecule has 1 aromatic heterocycles. The topological polar surface area (TPSA) is 192 Å². The molecule has 4 aromatic carbocycles. The average molecular weight is 725 g/mol. The highest BCUT2D eigenvalue weighted by atomic mass is 19.1. The van der Waals surface area contributed by atoms with Gasteiger partial charge in [-0.1, -0.05) is 54.6 Å². The third-order valence-corrected chi connectivity index (χ3v) is 10.3. The van der Waals surface area contributed by atoms with E-state index in [0.717, 1.165) is 17.8 Å². The maximum absolute atomic E-state index is 13.8. The first kappa shape index (κ1) is 36.3. The molecule has 0 bridgehead atoms. The van der Waals surface area contributed by atoms with E-state index < -0.39 is 61.0 Å². The first-order valence-corrected chi connectivity index (χ1v) is 17.6. The SMILES string of the molecule is O=C1[C@H](CC[C@H](O)c2ccc(F)cc2)[C@@H](c2ccc(-c3cccc([C@@H]4O[C@H](CO)[C@@H](O)[C@H](O)[C@H]4O)c3)cc2O)N1c1ccc(CCc2ncn[nH]2)cc1. The number of nitrogens with one attached hydrogen (secondary N) is 1. The van der Waals surface area contributed by atoms with Gasteiger partial charge in [0, 0.05) is 17.7 Å². The van der Waals surface area contributed by atoms with Gasteiger partial charge in [-0.25, -0.2) is 9.37 Å². The predicted molar refractivity (Wildman–Crippen MR) is 191 cm³/mol. The van der Waals surface area contributed by atoms with Crippen molar-refractivity contribution in [3.05, 3.63) is 131 Å². The molecule has 1 amide bonds. The van der Waals surface area contributed by atoms with E-state index in [1.165, 1.54) is 30.6 Å². The molecule has 5 aromatic rings. The van der Waals surface area contributed by atoms with Gasteiger partial charge in [-0.3, -0.25) is 9.89 Å². The highest BCUT2D eigenvalue weighted by Crippen LogP contribution is 2.49. The molecule has 0 spiro atoms. The molecule has 276 valence electrons. The fraction of sp³-hybridized carbons (Fsp3) is 0.325. The first-order valence-electron chi connectivity index (χ1n) is 17.6. The molecule has 12 nitrogen and oxygen atoms in total. The zero-order chi connectivity index (χ0) is 37.2. The van der Waals surface area contributed by atoms with Crippen molar-refractivity contribution < 1.29 is 44.6 Å². The normalized spacial score (nSPS) is 24.9. The van der Waals surface area contributed by atoms with Crippen molar-refractivity contribution >= 4 is 11.6 Å². The van der Waals surface area contributed by atoms with Crippen molar-refractivity contribution in [2.24, 2.45) is 5.92 Å². The standard InChI is InChI=1S/C40H41FN4O8/c41-27-10-7-23(8-11-27)31(47)16-15-30-35(45(40(30)52)28-12-4-22(5-13-28)6-17-34-42-21-43-44-34)29-14-9-25(19-32(29)48)24-2-1-3-26(18-24)39-38(51)37(50)36(49)33(20-46)53-39/h1-5,7-14,18-19,21,30-31,33,35-39,46-51H,6,15-17,20H2,(H,42,43,44)/t30-,31+,33-,35-,36-,37+,38-,39+/m1/s1. The van der Waals surface area contributed by atoms with Crippen LogP contribution in [0.2, 0.25) is 0 Å². The van der Waals surface area contributed by atoms with Crippen LogP contribution in [0, 0.1) is 11.7 Å². The summed E-state index contributed by atoms with van der Waals surface area (Å²) in [6.07, 6.45) is -4.01. The number of rotatable bonds is 12. The molecule has 0 radical (unpaired) electrons. The molecule has 2 aliphatic rings. The van der Waals surface area contributed by atoms with E-state index in [0.29, 0.717) is 46.3 Å². The molecule has 0 saturated carbocycles. The number of H-pyrrole nitrogens is 1. The molecule has 7 N–H and O–H groups in total. The third kappa shape index (κ3) is 7.45. The van der Waals surface area contributed by atoms with E-state index in [-0.39, 0.29) is 18.1 Å². The lowest BCUT2D eigenvalue weighted by Crippen LogP contribution is -2.55. The van der Waals surface area contributed by atoms with Gasteiger partial charge in [0.25, 0.3) is 0 Å². The molecular weight excluding hydrogens is 683 g/mol. The van der Waals surface area contributed by atoms with Crippen LogP contribution in [-0.4, -0.2) is 82.8 Å². The van der Waals surface area contributed by atoms with Gasteiger partial charge in [-0.2, -0.15) is 5.10 Å². The summed E-state index contributed by atoms with van der Waals surface area (Å²) in [6, 6.07) is 24.9. The fourth-order valence-electron chi connectivity index (χ4n) is 7.35. The summed E-state index contributed by atoms with van der Waals surface area (Å²) in [7, 11) is 0. The van der Waals surface area contributed by atoms with E-state index in [2.05, 4.69) is 15.2 Å². The third-order valence-electron chi connectivity index (χ3n) is 10.3. The predicted octanol–water partition coefficient (Wildman–Crippen LogP) is 3.83. The van der Waals surface area contributed by atoms with Crippen molar-refractivity contribution in [1.82, 2.24) is 15.2 Å². The molecule has 2 aliphatic heterocycles. The van der Waals surface area contributed by atoms with Gasteiger partial charge in [0.2, 0.25) is 5.91 Å². The number of aliphatic hydroxyl groups is 5. The number of phenols is 1. The number of aliphatic hydroxyl groups excluding tert-OH is 5. The van der Waals surface area contributed by atoms with Gasteiger partial charge in [0.15, 0.2) is 0 Å². The Hall–Kier alpha value is -5.02. The number of β-lactam (4-membered cyclic amide) rings is 1. The van der Waals surface area contributed by atoms with Gasteiger partial charge in [-0.15, -0.1) is 0 Å². The quantitative estimate of drug-likeness (QED) is 0.0931. The molecule has 2 fully saturated rings. The van der Waals surface area contributed by atoms with Crippen molar-refractivity contribution in [2.75, 3.05) is 11.5 Å². The molecule has 13 heteroatoms. The monoisotopic (exact) mass is 724 g/mol. The second-order valence-corrected chi connectivity index (χ2v) is 13.7. The van der Waals surface area contributed by atoms with Crippen molar-refractivity contribution in [1.29, 1.82) is 0 Å². The number of ether oxygens (including phenoxy) is 1. The highest BCUT2D eigenvalue weighted by molar-refractivity contribution is 6.03. The van der Waals surface area contributed by atoms with Crippen LogP contribution < -0.4 is 4.90 Å². The fourth-order valence-corrected chi connectivity index (χ4v) is 7.35. The number of carbonyl (C=O) groups is 1. The Morgan fingerprint density at radius 1 is 0.887 bits per heavy atom. The summed E-state index contributed by atoms with van der Waals surface area (Å²) in [5, 5.41) is 70.1. The zero-order valence-electron chi connectivity index (χ0n) is 28.6. The smallest absolute Gasteiger partial charge is 0.233 e.